The maximum absolute atomic E-state index is 6.34. The second-order valence-corrected chi connectivity index (χ2v) is 6.42. The van der Waals surface area contributed by atoms with Gasteiger partial charge in [-0.3, -0.25) is 4.68 Å². The second-order valence-electron chi connectivity index (χ2n) is 6.04. The average molecular weight is 272 g/mol. The first kappa shape index (κ1) is 15.5. The van der Waals surface area contributed by atoms with Crippen molar-refractivity contribution in [1.29, 1.82) is 0 Å². The molecule has 4 heteroatoms. The lowest BCUT2D eigenvalue weighted by molar-refractivity contribution is 0.228. The molecule has 1 unspecified atom stereocenters. The number of aryl methyl sites for hydroxylation is 2. The van der Waals surface area contributed by atoms with Crippen LogP contribution in [-0.4, -0.2) is 22.9 Å². The molecule has 0 radical (unpaired) electrons. The van der Waals surface area contributed by atoms with Crippen LogP contribution in [0.1, 0.15) is 39.1 Å². The van der Waals surface area contributed by atoms with Gasteiger partial charge in [0, 0.05) is 7.05 Å². The van der Waals surface area contributed by atoms with Gasteiger partial charge >= 0.3 is 0 Å². The molecule has 3 nitrogen and oxygen atoms in total. The summed E-state index contributed by atoms with van der Waals surface area (Å²) in [5.74, 6) is 0.546. The van der Waals surface area contributed by atoms with Crippen molar-refractivity contribution in [3.63, 3.8) is 0 Å². The first-order chi connectivity index (χ1) is 8.27. The van der Waals surface area contributed by atoms with Gasteiger partial charge in [0.15, 0.2) is 0 Å². The van der Waals surface area contributed by atoms with E-state index in [2.05, 4.69) is 38.1 Å². The van der Waals surface area contributed by atoms with Crippen LogP contribution in [0.5, 0.6) is 0 Å². The highest BCUT2D eigenvalue weighted by atomic mass is 35.5. The van der Waals surface area contributed by atoms with Gasteiger partial charge in [0.1, 0.15) is 0 Å². The smallest absolute Gasteiger partial charge is 0.0847 e. The van der Waals surface area contributed by atoms with Gasteiger partial charge in [-0.05, 0) is 37.8 Å². The first-order valence-electron chi connectivity index (χ1n) is 6.66. The summed E-state index contributed by atoms with van der Waals surface area (Å²) in [4.78, 5) is 0. The molecule has 0 aliphatic heterocycles. The molecule has 1 aromatic rings. The molecule has 0 aliphatic carbocycles. The van der Waals surface area contributed by atoms with Crippen LogP contribution in [0.3, 0.4) is 0 Å². The predicted octanol–water partition coefficient (Wildman–Crippen LogP) is 3.20. The van der Waals surface area contributed by atoms with Gasteiger partial charge in [0.25, 0.3) is 0 Å². The van der Waals surface area contributed by atoms with Crippen molar-refractivity contribution in [2.45, 2.75) is 41.0 Å². The Morgan fingerprint density at radius 2 is 2.00 bits per heavy atom. The van der Waals surface area contributed by atoms with Crippen molar-refractivity contribution >= 4 is 11.6 Å². The van der Waals surface area contributed by atoms with E-state index in [1.165, 1.54) is 0 Å². The second kappa shape index (κ2) is 6.07. The number of nitrogens with one attached hydrogen (secondary N) is 1. The maximum atomic E-state index is 6.34. The van der Waals surface area contributed by atoms with Crippen molar-refractivity contribution < 1.29 is 0 Å². The number of rotatable bonds is 5. The van der Waals surface area contributed by atoms with E-state index in [4.69, 9.17) is 11.6 Å². The summed E-state index contributed by atoms with van der Waals surface area (Å²) in [6.07, 6.45) is 0.965. The SMILES string of the molecule is CCNCC(Cc1c(Cl)c(C)nn1C)C(C)(C)C. The number of aromatic nitrogens is 2. The average Bonchev–Trinajstić information content (AvgIpc) is 2.48. The minimum absolute atomic E-state index is 0.254. The Labute approximate surface area is 116 Å². The van der Waals surface area contributed by atoms with Crippen LogP contribution in [0, 0.1) is 18.3 Å². The van der Waals surface area contributed by atoms with Gasteiger partial charge in [-0.25, -0.2) is 0 Å². The Morgan fingerprint density at radius 3 is 2.39 bits per heavy atom. The Morgan fingerprint density at radius 1 is 1.39 bits per heavy atom. The molecule has 1 rings (SSSR count). The van der Waals surface area contributed by atoms with Crippen LogP contribution in [0.25, 0.3) is 0 Å². The highest BCUT2D eigenvalue weighted by Crippen LogP contribution is 2.31. The topological polar surface area (TPSA) is 29.9 Å². The van der Waals surface area contributed by atoms with Crippen LogP contribution < -0.4 is 5.32 Å². The Balaban J connectivity index is 2.89. The van der Waals surface area contributed by atoms with Gasteiger partial charge in [0.05, 0.1) is 16.4 Å². The molecule has 0 saturated heterocycles. The maximum Gasteiger partial charge on any atom is 0.0847 e. The van der Waals surface area contributed by atoms with Crippen LogP contribution in [-0.2, 0) is 13.5 Å². The predicted molar refractivity (Wildman–Crippen MR) is 78.1 cm³/mol. The van der Waals surface area contributed by atoms with Crippen LogP contribution in [0.15, 0.2) is 0 Å². The van der Waals surface area contributed by atoms with Gasteiger partial charge in [0.2, 0.25) is 0 Å². The van der Waals surface area contributed by atoms with Crippen LogP contribution >= 0.6 is 11.6 Å². The molecule has 0 bridgehead atoms. The standard InChI is InChI=1S/C14H26ClN3/c1-7-16-9-11(14(3,4)5)8-12-13(15)10(2)17-18(12)6/h11,16H,7-9H2,1-6H3. The molecule has 104 valence electrons. The normalized spacial score (nSPS) is 13.9. The Bertz CT molecular complexity index is 390. The van der Waals surface area contributed by atoms with E-state index >= 15 is 0 Å². The van der Waals surface area contributed by atoms with Gasteiger partial charge in [-0.1, -0.05) is 39.3 Å². The lowest BCUT2D eigenvalue weighted by Crippen LogP contribution is -2.33. The van der Waals surface area contributed by atoms with E-state index in [0.717, 1.165) is 35.9 Å². The molecule has 0 amide bonds. The number of nitrogens with zero attached hydrogens (tertiary/aromatic N) is 2. The fourth-order valence-corrected chi connectivity index (χ4v) is 2.38. The van der Waals surface area contributed by atoms with E-state index < -0.39 is 0 Å². The highest BCUT2D eigenvalue weighted by Gasteiger charge is 2.26. The van der Waals surface area contributed by atoms with E-state index in [1.54, 1.807) is 0 Å². The van der Waals surface area contributed by atoms with Crippen molar-refractivity contribution in [3.8, 4) is 0 Å². The molecular formula is C14H26ClN3. The zero-order valence-electron chi connectivity index (χ0n) is 12.5. The zero-order valence-corrected chi connectivity index (χ0v) is 13.2. The number of hydrogen-bond acceptors (Lipinski definition) is 2. The largest absolute Gasteiger partial charge is 0.317 e. The highest BCUT2D eigenvalue weighted by molar-refractivity contribution is 6.31. The lowest BCUT2D eigenvalue weighted by atomic mass is 9.78. The first-order valence-corrected chi connectivity index (χ1v) is 7.03. The summed E-state index contributed by atoms with van der Waals surface area (Å²) < 4.78 is 1.92. The Hall–Kier alpha value is -0.540. The molecule has 0 aromatic carbocycles. The quantitative estimate of drug-likeness (QED) is 0.891. The number of halogens is 1. The molecule has 0 aliphatic rings. The fourth-order valence-electron chi connectivity index (χ4n) is 2.14. The summed E-state index contributed by atoms with van der Waals surface area (Å²) in [5, 5.41) is 8.66. The third kappa shape index (κ3) is 3.72. The minimum Gasteiger partial charge on any atom is -0.317 e. The summed E-state index contributed by atoms with van der Waals surface area (Å²) >= 11 is 6.34. The molecule has 1 aromatic heterocycles. The van der Waals surface area contributed by atoms with Crippen molar-refractivity contribution in [2.75, 3.05) is 13.1 Å². The van der Waals surface area contributed by atoms with E-state index in [-0.39, 0.29) is 5.41 Å². The number of hydrogen-bond donors (Lipinski definition) is 1. The molecule has 0 saturated carbocycles. The van der Waals surface area contributed by atoms with E-state index in [9.17, 15) is 0 Å². The van der Waals surface area contributed by atoms with Crippen molar-refractivity contribution in [2.24, 2.45) is 18.4 Å². The monoisotopic (exact) mass is 271 g/mol. The summed E-state index contributed by atoms with van der Waals surface area (Å²) in [6.45, 7) is 13.0. The third-order valence-corrected chi connectivity index (χ3v) is 4.06. The van der Waals surface area contributed by atoms with Gasteiger partial charge < -0.3 is 5.32 Å². The van der Waals surface area contributed by atoms with Crippen molar-refractivity contribution in [1.82, 2.24) is 15.1 Å². The van der Waals surface area contributed by atoms with Crippen LogP contribution in [0.2, 0.25) is 5.02 Å². The molecule has 1 atom stereocenters. The molecule has 1 N–H and O–H groups in total. The summed E-state index contributed by atoms with van der Waals surface area (Å²) in [6, 6.07) is 0. The Kier molecular flexibility index (Phi) is 5.23. The van der Waals surface area contributed by atoms with E-state index in [1.807, 2.05) is 18.7 Å². The van der Waals surface area contributed by atoms with Gasteiger partial charge in [-0.2, -0.15) is 5.10 Å². The fraction of sp³-hybridized carbons (Fsp3) is 0.786. The molecule has 18 heavy (non-hydrogen) atoms. The van der Waals surface area contributed by atoms with Crippen molar-refractivity contribution in [3.05, 3.63) is 16.4 Å². The lowest BCUT2D eigenvalue weighted by Gasteiger charge is -2.31. The molecule has 1 heterocycles. The van der Waals surface area contributed by atoms with E-state index in [0.29, 0.717) is 5.92 Å². The molecular weight excluding hydrogens is 246 g/mol. The third-order valence-electron chi connectivity index (χ3n) is 3.57. The minimum atomic E-state index is 0.254. The molecule has 0 spiro atoms. The zero-order chi connectivity index (χ0) is 13.9. The van der Waals surface area contributed by atoms with Gasteiger partial charge in [-0.15, -0.1) is 0 Å². The summed E-state index contributed by atoms with van der Waals surface area (Å²) in [7, 11) is 1.97. The van der Waals surface area contributed by atoms with Crippen LogP contribution in [0.4, 0.5) is 0 Å². The molecule has 0 fully saturated rings. The summed E-state index contributed by atoms with van der Waals surface area (Å²) in [5.41, 5.74) is 2.32.